The summed E-state index contributed by atoms with van der Waals surface area (Å²) in [6.07, 6.45) is 18.5. The maximum absolute atomic E-state index is 11.6. The number of allylic oxidation sites excluding steroid dienone is 2. The third-order valence-electron chi connectivity index (χ3n) is 3.73. The molecule has 0 bridgehead atoms. The van der Waals surface area contributed by atoms with Gasteiger partial charge in [-0.1, -0.05) is 37.8 Å². The molecule has 0 amide bonds. The molecule has 2 heteroatoms. The lowest BCUT2D eigenvalue weighted by Crippen LogP contribution is -2.14. The predicted molar refractivity (Wildman–Crippen MR) is 80.1 cm³/mol. The van der Waals surface area contributed by atoms with Crippen LogP contribution in [0.4, 0.5) is 0 Å². The lowest BCUT2D eigenvalue weighted by Gasteiger charge is -2.13. The summed E-state index contributed by atoms with van der Waals surface area (Å²) in [6, 6.07) is 0. The Morgan fingerprint density at radius 3 is 2.21 bits per heavy atom. The van der Waals surface area contributed by atoms with Gasteiger partial charge >= 0.3 is 5.97 Å². The number of hydrogen-bond donors (Lipinski definition) is 0. The summed E-state index contributed by atoms with van der Waals surface area (Å²) in [5.41, 5.74) is 0. The molecule has 110 valence electrons. The zero-order valence-electron chi connectivity index (χ0n) is 12.5. The largest absolute Gasteiger partial charge is 0.463 e. The molecule has 1 unspecified atom stereocenters. The van der Waals surface area contributed by atoms with Gasteiger partial charge in [0.1, 0.15) is 0 Å². The molecule has 0 saturated heterocycles. The van der Waals surface area contributed by atoms with Crippen LogP contribution in [-0.4, -0.2) is 12.1 Å². The van der Waals surface area contributed by atoms with E-state index in [0.29, 0.717) is 6.42 Å². The van der Waals surface area contributed by atoms with Crippen molar-refractivity contribution in [2.45, 2.75) is 90.1 Å². The molecular weight excluding hydrogens is 236 g/mol. The number of hydrogen-bond acceptors (Lipinski definition) is 2. The van der Waals surface area contributed by atoms with Crippen LogP contribution in [-0.2, 0) is 9.53 Å². The van der Waals surface area contributed by atoms with E-state index in [0.717, 1.165) is 25.7 Å². The molecule has 1 aliphatic heterocycles. The molecule has 0 spiro atoms. The molecule has 1 heterocycles. The second kappa shape index (κ2) is 11.1. The van der Waals surface area contributed by atoms with E-state index in [-0.39, 0.29) is 12.1 Å². The summed E-state index contributed by atoms with van der Waals surface area (Å²) in [6.45, 7) is 2.02. The molecule has 1 atom stereocenters. The van der Waals surface area contributed by atoms with Crippen molar-refractivity contribution in [3.63, 3.8) is 0 Å². The van der Waals surface area contributed by atoms with Gasteiger partial charge in [0.05, 0.1) is 6.10 Å². The molecule has 1 rings (SSSR count). The van der Waals surface area contributed by atoms with Crippen LogP contribution in [0.1, 0.15) is 84.0 Å². The number of carbonyl (C=O) groups is 1. The van der Waals surface area contributed by atoms with Gasteiger partial charge < -0.3 is 4.74 Å². The van der Waals surface area contributed by atoms with Crippen LogP contribution in [0.25, 0.3) is 0 Å². The molecule has 19 heavy (non-hydrogen) atoms. The van der Waals surface area contributed by atoms with E-state index in [2.05, 4.69) is 12.2 Å². The number of esters is 1. The Morgan fingerprint density at radius 2 is 1.47 bits per heavy atom. The Bertz CT molecular complexity index is 258. The number of cyclic esters (lactones) is 1. The van der Waals surface area contributed by atoms with Crippen LogP contribution in [0.2, 0.25) is 0 Å². The first-order valence-corrected chi connectivity index (χ1v) is 8.13. The molecule has 1 aliphatic rings. The smallest absolute Gasteiger partial charge is 0.306 e. The molecular formula is C17H30O2. The normalized spacial score (nSPS) is 27.2. The standard InChI is InChI=1S/C17H30O2/c1-16-14-12-10-8-6-4-2-3-5-7-9-11-13-15-17(18)19-16/h5,7,16H,2-4,6,8-15H2,1H3/b7-5-. The fourth-order valence-corrected chi connectivity index (χ4v) is 2.51. The topological polar surface area (TPSA) is 26.3 Å². The fraction of sp³-hybridized carbons (Fsp3) is 0.824. The van der Waals surface area contributed by atoms with E-state index in [4.69, 9.17) is 4.74 Å². The summed E-state index contributed by atoms with van der Waals surface area (Å²) in [7, 11) is 0. The van der Waals surface area contributed by atoms with Crippen molar-refractivity contribution in [1.82, 2.24) is 0 Å². The van der Waals surface area contributed by atoms with Gasteiger partial charge in [0.15, 0.2) is 0 Å². The third kappa shape index (κ3) is 9.75. The first kappa shape index (κ1) is 16.3. The van der Waals surface area contributed by atoms with Gasteiger partial charge in [-0.15, -0.1) is 0 Å². The molecule has 2 nitrogen and oxygen atoms in total. The molecule has 0 aromatic heterocycles. The summed E-state index contributed by atoms with van der Waals surface area (Å²) < 4.78 is 5.42. The zero-order chi connectivity index (χ0) is 13.8. The van der Waals surface area contributed by atoms with Crippen molar-refractivity contribution in [1.29, 1.82) is 0 Å². The van der Waals surface area contributed by atoms with Crippen LogP contribution in [0.3, 0.4) is 0 Å². The number of ether oxygens (including phenoxy) is 1. The highest BCUT2D eigenvalue weighted by atomic mass is 16.5. The molecule has 0 aromatic rings. The molecule has 0 N–H and O–H groups in total. The van der Waals surface area contributed by atoms with Crippen LogP contribution in [0, 0.1) is 0 Å². The molecule has 0 saturated carbocycles. The van der Waals surface area contributed by atoms with Gasteiger partial charge in [0, 0.05) is 6.42 Å². The average Bonchev–Trinajstić information content (AvgIpc) is 2.38. The van der Waals surface area contributed by atoms with Crippen LogP contribution in [0.5, 0.6) is 0 Å². The van der Waals surface area contributed by atoms with Crippen molar-refractivity contribution in [3.05, 3.63) is 12.2 Å². The van der Waals surface area contributed by atoms with Crippen molar-refractivity contribution in [2.24, 2.45) is 0 Å². The Morgan fingerprint density at radius 1 is 0.895 bits per heavy atom. The van der Waals surface area contributed by atoms with E-state index >= 15 is 0 Å². The molecule has 0 fully saturated rings. The van der Waals surface area contributed by atoms with Gasteiger partial charge in [-0.05, 0) is 51.9 Å². The van der Waals surface area contributed by atoms with Crippen molar-refractivity contribution in [2.75, 3.05) is 0 Å². The summed E-state index contributed by atoms with van der Waals surface area (Å²) in [5.74, 6) is -0.0132. The quantitative estimate of drug-likeness (QED) is 0.446. The van der Waals surface area contributed by atoms with Crippen molar-refractivity contribution in [3.8, 4) is 0 Å². The monoisotopic (exact) mass is 266 g/mol. The lowest BCUT2D eigenvalue weighted by molar-refractivity contribution is -0.148. The first-order chi connectivity index (χ1) is 9.29. The molecule has 0 aliphatic carbocycles. The van der Waals surface area contributed by atoms with Crippen molar-refractivity contribution < 1.29 is 9.53 Å². The predicted octanol–water partition coefficient (Wildman–Crippen LogP) is 5.17. The Balaban J connectivity index is 2.27. The Labute approximate surface area is 118 Å². The van der Waals surface area contributed by atoms with Gasteiger partial charge in [-0.3, -0.25) is 4.79 Å². The Kier molecular flexibility index (Phi) is 9.48. The number of carbonyl (C=O) groups excluding carboxylic acids is 1. The lowest BCUT2D eigenvalue weighted by atomic mass is 10.1. The van der Waals surface area contributed by atoms with Gasteiger partial charge in [-0.25, -0.2) is 0 Å². The third-order valence-corrected chi connectivity index (χ3v) is 3.73. The fourth-order valence-electron chi connectivity index (χ4n) is 2.51. The van der Waals surface area contributed by atoms with E-state index in [9.17, 15) is 4.79 Å². The molecule has 0 radical (unpaired) electrons. The highest BCUT2D eigenvalue weighted by Crippen LogP contribution is 2.13. The van der Waals surface area contributed by atoms with Gasteiger partial charge in [0.25, 0.3) is 0 Å². The van der Waals surface area contributed by atoms with E-state index in [1.807, 2.05) is 6.92 Å². The minimum absolute atomic E-state index is 0.0132. The second-order valence-electron chi connectivity index (χ2n) is 5.72. The Hall–Kier alpha value is -0.790. The second-order valence-corrected chi connectivity index (χ2v) is 5.72. The average molecular weight is 266 g/mol. The van der Waals surface area contributed by atoms with Gasteiger partial charge in [0.2, 0.25) is 0 Å². The van der Waals surface area contributed by atoms with Crippen molar-refractivity contribution >= 4 is 5.97 Å². The number of rotatable bonds is 0. The summed E-state index contributed by atoms with van der Waals surface area (Å²) in [5, 5.41) is 0. The summed E-state index contributed by atoms with van der Waals surface area (Å²) in [4.78, 5) is 11.6. The van der Waals surface area contributed by atoms with Crippen LogP contribution >= 0.6 is 0 Å². The summed E-state index contributed by atoms with van der Waals surface area (Å²) >= 11 is 0. The molecule has 0 aromatic carbocycles. The minimum Gasteiger partial charge on any atom is -0.463 e. The van der Waals surface area contributed by atoms with Crippen LogP contribution < -0.4 is 0 Å². The first-order valence-electron chi connectivity index (χ1n) is 8.13. The van der Waals surface area contributed by atoms with E-state index < -0.39 is 0 Å². The maximum Gasteiger partial charge on any atom is 0.306 e. The van der Waals surface area contributed by atoms with Gasteiger partial charge in [-0.2, -0.15) is 0 Å². The van der Waals surface area contributed by atoms with Crippen LogP contribution in [0.15, 0.2) is 12.2 Å². The van der Waals surface area contributed by atoms with E-state index in [1.54, 1.807) is 0 Å². The maximum atomic E-state index is 11.6. The zero-order valence-corrected chi connectivity index (χ0v) is 12.5. The minimum atomic E-state index is -0.0132. The highest BCUT2D eigenvalue weighted by molar-refractivity contribution is 5.69. The SMILES string of the molecule is CC1CCCCCCCC/C=C\CCCCC(=O)O1. The van der Waals surface area contributed by atoms with E-state index in [1.165, 1.54) is 44.9 Å². The highest BCUT2D eigenvalue weighted by Gasteiger charge is 2.08.